The van der Waals surface area contributed by atoms with Gasteiger partial charge in [0.2, 0.25) is 11.8 Å². The number of carbonyl (C=O) groups excluding carboxylic acids is 2. The third kappa shape index (κ3) is 8.61. The number of ether oxygens (including phenoxy) is 2. The smallest absolute Gasteiger partial charge is 0.264 e. The number of halogens is 2. The molecule has 12 heteroatoms. The van der Waals surface area contributed by atoms with Gasteiger partial charge in [-0.05, 0) is 68.3 Å². The van der Waals surface area contributed by atoms with Crippen molar-refractivity contribution in [1.82, 2.24) is 10.2 Å². The molecule has 0 radical (unpaired) electrons. The van der Waals surface area contributed by atoms with Gasteiger partial charge in [-0.25, -0.2) is 8.42 Å². The maximum absolute atomic E-state index is 14.7. The predicted molar refractivity (Wildman–Crippen MR) is 187 cm³/mol. The first-order valence-corrected chi connectivity index (χ1v) is 17.6. The lowest BCUT2D eigenvalue weighted by molar-refractivity contribution is -0.140. The molecule has 0 aromatic heterocycles. The van der Waals surface area contributed by atoms with Gasteiger partial charge in [0.15, 0.2) is 11.5 Å². The Balaban J connectivity index is 1.61. The van der Waals surface area contributed by atoms with Gasteiger partial charge in [0.05, 0.1) is 10.6 Å². The molecule has 1 N–H and O–H groups in total. The summed E-state index contributed by atoms with van der Waals surface area (Å²) in [5.41, 5.74) is 0.923. The van der Waals surface area contributed by atoms with Crippen LogP contribution in [-0.4, -0.2) is 56.5 Å². The van der Waals surface area contributed by atoms with E-state index in [-0.39, 0.29) is 23.5 Å². The van der Waals surface area contributed by atoms with E-state index in [2.05, 4.69) is 5.32 Å². The summed E-state index contributed by atoms with van der Waals surface area (Å²) < 4.78 is 40.9. The lowest BCUT2D eigenvalue weighted by Crippen LogP contribution is -2.56. The number of sulfonamides is 1. The van der Waals surface area contributed by atoms with Crippen molar-refractivity contribution in [2.75, 3.05) is 24.1 Å². The van der Waals surface area contributed by atoms with Crippen LogP contribution in [0.5, 0.6) is 11.5 Å². The summed E-state index contributed by atoms with van der Waals surface area (Å²) in [5, 5.41) is 3.72. The highest BCUT2D eigenvalue weighted by Crippen LogP contribution is 2.36. The molecule has 2 amide bonds. The van der Waals surface area contributed by atoms with E-state index >= 15 is 0 Å². The third-order valence-corrected chi connectivity index (χ3v) is 9.92. The van der Waals surface area contributed by atoms with Crippen LogP contribution >= 0.6 is 23.2 Å². The Morgan fingerprint density at radius 1 is 0.854 bits per heavy atom. The van der Waals surface area contributed by atoms with Crippen LogP contribution in [0.15, 0.2) is 102 Å². The summed E-state index contributed by atoms with van der Waals surface area (Å²) in [5.74, 6) is -0.202. The van der Waals surface area contributed by atoms with Crippen LogP contribution in [0.3, 0.4) is 0 Å². The van der Waals surface area contributed by atoms with E-state index in [1.54, 1.807) is 48.5 Å². The van der Waals surface area contributed by atoms with Crippen molar-refractivity contribution in [3.8, 4) is 11.5 Å². The quantitative estimate of drug-likeness (QED) is 0.190. The van der Waals surface area contributed by atoms with Gasteiger partial charge in [-0.2, -0.15) is 0 Å². The second-order valence-electron chi connectivity index (χ2n) is 12.4. The zero-order chi connectivity index (χ0) is 34.5. The monoisotopic (exact) mass is 709 g/mol. The zero-order valence-corrected chi connectivity index (χ0v) is 29.2. The van der Waals surface area contributed by atoms with Crippen molar-refractivity contribution in [1.29, 1.82) is 0 Å². The highest BCUT2D eigenvalue weighted by molar-refractivity contribution is 7.92. The van der Waals surface area contributed by atoms with Crippen LogP contribution in [-0.2, 0) is 32.6 Å². The van der Waals surface area contributed by atoms with E-state index in [1.807, 2.05) is 51.1 Å². The number of amides is 2. The summed E-state index contributed by atoms with van der Waals surface area (Å²) in [4.78, 5) is 30.1. The molecule has 1 aliphatic heterocycles. The molecule has 0 bridgehead atoms. The maximum Gasteiger partial charge on any atom is 0.264 e. The molecule has 1 unspecified atom stereocenters. The molecule has 5 rings (SSSR count). The highest BCUT2D eigenvalue weighted by atomic mass is 35.5. The van der Waals surface area contributed by atoms with Crippen molar-refractivity contribution < 1.29 is 27.5 Å². The Kier molecular flexibility index (Phi) is 10.9. The zero-order valence-electron chi connectivity index (χ0n) is 26.9. The topological polar surface area (TPSA) is 105 Å². The van der Waals surface area contributed by atoms with E-state index in [4.69, 9.17) is 32.7 Å². The summed E-state index contributed by atoms with van der Waals surface area (Å²) in [6, 6.07) is 25.7. The average molecular weight is 711 g/mol. The first kappa shape index (κ1) is 35.1. The summed E-state index contributed by atoms with van der Waals surface area (Å²) >= 11 is 12.8. The van der Waals surface area contributed by atoms with Crippen molar-refractivity contribution >= 4 is 50.7 Å². The van der Waals surface area contributed by atoms with Crippen LogP contribution in [0.4, 0.5) is 5.69 Å². The summed E-state index contributed by atoms with van der Waals surface area (Å²) in [6.07, 6.45) is 0.162. The minimum Gasteiger partial charge on any atom is -0.486 e. The van der Waals surface area contributed by atoms with E-state index in [9.17, 15) is 18.0 Å². The van der Waals surface area contributed by atoms with Crippen molar-refractivity contribution in [3.05, 3.63) is 118 Å². The van der Waals surface area contributed by atoms with Gasteiger partial charge < -0.3 is 19.7 Å². The predicted octanol–water partition coefficient (Wildman–Crippen LogP) is 6.51. The number of anilines is 1. The summed E-state index contributed by atoms with van der Waals surface area (Å²) in [6.45, 7) is 5.48. The van der Waals surface area contributed by atoms with Crippen LogP contribution in [0.25, 0.3) is 0 Å². The average Bonchev–Trinajstić information content (AvgIpc) is 3.05. The van der Waals surface area contributed by atoms with E-state index < -0.39 is 40.0 Å². The largest absolute Gasteiger partial charge is 0.486 e. The molecule has 4 aromatic carbocycles. The second-order valence-corrected chi connectivity index (χ2v) is 15.1. The first-order valence-electron chi connectivity index (χ1n) is 15.4. The Hall–Kier alpha value is -4.25. The molecule has 0 spiro atoms. The minimum atomic E-state index is -4.28. The molecular formula is C36H37Cl2N3O6S. The van der Waals surface area contributed by atoms with Crippen LogP contribution in [0, 0.1) is 0 Å². The van der Waals surface area contributed by atoms with Gasteiger partial charge in [0.1, 0.15) is 25.8 Å². The van der Waals surface area contributed by atoms with Gasteiger partial charge >= 0.3 is 0 Å². The number of hydrogen-bond acceptors (Lipinski definition) is 6. The number of nitrogens with zero attached hydrogens (tertiary/aromatic N) is 2. The molecular weight excluding hydrogens is 673 g/mol. The SMILES string of the molecule is CC(C)(C)NC(=O)C(Cc1ccccc1)N(Cc1ccc(Cl)cc1Cl)C(=O)CN(c1ccc2c(c1)OCCO2)S(=O)(=O)c1ccccc1. The number of rotatable bonds is 11. The number of fused-ring (bicyclic) bond motifs is 1. The molecule has 9 nitrogen and oxygen atoms in total. The fourth-order valence-electron chi connectivity index (χ4n) is 5.28. The van der Waals surface area contributed by atoms with Crippen molar-refractivity contribution in [3.63, 3.8) is 0 Å². The third-order valence-electron chi connectivity index (χ3n) is 7.55. The standard InChI is InChI=1S/C36H37Cl2N3O6S/c1-36(2,3)39-35(43)31(20-25-10-6-4-7-11-25)40(23-26-14-15-27(37)21-30(26)38)34(42)24-41(48(44,45)29-12-8-5-9-13-29)28-16-17-32-33(22-28)47-19-18-46-32/h4-17,21-22,31H,18-20,23-24H2,1-3H3,(H,39,43). The van der Waals surface area contributed by atoms with Gasteiger partial charge in [-0.15, -0.1) is 0 Å². The van der Waals surface area contributed by atoms with Gasteiger partial charge in [0, 0.05) is 34.6 Å². The van der Waals surface area contributed by atoms with E-state index in [0.717, 1.165) is 9.87 Å². The van der Waals surface area contributed by atoms with Crippen LogP contribution in [0.2, 0.25) is 10.0 Å². The fourth-order valence-corrected chi connectivity index (χ4v) is 7.17. The lowest BCUT2D eigenvalue weighted by atomic mass is 10.0. The van der Waals surface area contributed by atoms with E-state index in [0.29, 0.717) is 40.3 Å². The molecule has 0 aliphatic carbocycles. The Labute approximate surface area is 291 Å². The molecule has 0 fully saturated rings. The fraction of sp³-hybridized carbons (Fsp3) is 0.278. The molecule has 1 atom stereocenters. The van der Waals surface area contributed by atoms with Crippen LogP contribution < -0.4 is 19.1 Å². The molecule has 0 saturated heterocycles. The van der Waals surface area contributed by atoms with Crippen molar-refractivity contribution in [2.24, 2.45) is 0 Å². The normalized spacial score (nSPS) is 13.4. The van der Waals surface area contributed by atoms with Gasteiger partial charge in [0.25, 0.3) is 10.0 Å². The Morgan fingerprint density at radius 2 is 1.50 bits per heavy atom. The number of hydrogen-bond donors (Lipinski definition) is 1. The molecule has 252 valence electrons. The summed E-state index contributed by atoms with van der Waals surface area (Å²) in [7, 11) is -4.28. The molecule has 1 aliphatic rings. The molecule has 1 heterocycles. The number of nitrogens with one attached hydrogen (secondary N) is 1. The first-order chi connectivity index (χ1) is 22.8. The number of carbonyl (C=O) groups is 2. The Bertz CT molecular complexity index is 1870. The van der Waals surface area contributed by atoms with Gasteiger partial charge in [-0.1, -0.05) is 77.8 Å². The minimum absolute atomic E-state index is 0.00806. The second kappa shape index (κ2) is 14.9. The maximum atomic E-state index is 14.7. The van der Waals surface area contributed by atoms with Crippen molar-refractivity contribution in [2.45, 2.75) is 50.2 Å². The van der Waals surface area contributed by atoms with Crippen LogP contribution in [0.1, 0.15) is 31.9 Å². The van der Waals surface area contributed by atoms with Gasteiger partial charge in [-0.3, -0.25) is 13.9 Å². The molecule has 4 aromatic rings. The number of benzene rings is 4. The highest BCUT2D eigenvalue weighted by Gasteiger charge is 2.36. The van der Waals surface area contributed by atoms with E-state index in [1.165, 1.54) is 23.1 Å². The Morgan fingerprint density at radius 3 is 2.15 bits per heavy atom. The molecule has 0 saturated carbocycles. The lowest BCUT2D eigenvalue weighted by Gasteiger charge is -2.35. The molecule has 48 heavy (non-hydrogen) atoms.